The van der Waals surface area contributed by atoms with Gasteiger partial charge >= 0.3 is 6.01 Å². The normalized spacial score (nSPS) is 27.3. The number of amides is 2. The number of piperidine rings is 3. The van der Waals surface area contributed by atoms with Crippen molar-refractivity contribution in [3.05, 3.63) is 5.82 Å². The standard InChI is InChI=1S/C19H30N6O3.CH2O2/c1-22(2)11-15-13-8-12(14-6-5-7-16(26)25(14)15)9-24(10-13)18(27)17-20-19(28-4)23(3)21-17;2-1-3/h12-15H,5-11H2,1-4H3;1H,(H,2,3)/t12-,13+,14+,15+;/m1./s1. The molecule has 0 spiro atoms. The number of aromatic nitrogens is 3. The molecule has 11 heteroatoms. The molecule has 2 bridgehead atoms. The SMILES string of the molecule is COc1nc(C(=O)N2C[C@H]3C[C@@H](C2)[C@H](CN(C)C)N2C(=O)CCC[C@@H]32)nn1C.O=CO. The van der Waals surface area contributed by atoms with E-state index in [-0.39, 0.29) is 42.1 Å². The average Bonchev–Trinajstić information content (AvgIpc) is 3.11. The second kappa shape index (κ2) is 9.63. The zero-order valence-electron chi connectivity index (χ0n) is 18.6. The molecule has 0 aliphatic carbocycles. The Bertz CT molecular complexity index is 812. The van der Waals surface area contributed by atoms with Gasteiger partial charge in [-0.25, -0.2) is 4.68 Å². The van der Waals surface area contributed by atoms with Gasteiger partial charge in [0, 0.05) is 45.2 Å². The van der Waals surface area contributed by atoms with Crippen molar-refractivity contribution in [2.45, 2.75) is 37.8 Å². The molecule has 2 amide bonds. The second-order valence-corrected chi connectivity index (χ2v) is 8.71. The number of carbonyl (C=O) groups is 3. The Morgan fingerprint density at radius 3 is 2.61 bits per heavy atom. The summed E-state index contributed by atoms with van der Waals surface area (Å²) in [6.45, 7) is 1.89. The minimum absolute atomic E-state index is 0.146. The molecule has 0 saturated carbocycles. The van der Waals surface area contributed by atoms with Crippen molar-refractivity contribution in [1.82, 2.24) is 29.5 Å². The number of ether oxygens (including phenoxy) is 1. The molecule has 0 radical (unpaired) electrons. The molecule has 3 fully saturated rings. The Kier molecular flexibility index (Phi) is 7.14. The maximum Gasteiger partial charge on any atom is 0.314 e. The highest BCUT2D eigenvalue weighted by Gasteiger charge is 2.50. The summed E-state index contributed by atoms with van der Waals surface area (Å²) in [6, 6.07) is 0.727. The van der Waals surface area contributed by atoms with Gasteiger partial charge in [-0.2, -0.15) is 4.98 Å². The summed E-state index contributed by atoms with van der Waals surface area (Å²) in [5, 5.41) is 11.1. The Balaban J connectivity index is 0.000000858. The molecule has 3 saturated heterocycles. The smallest absolute Gasteiger partial charge is 0.314 e. The van der Waals surface area contributed by atoms with E-state index in [4.69, 9.17) is 14.6 Å². The van der Waals surface area contributed by atoms with E-state index in [1.165, 1.54) is 11.8 Å². The molecule has 0 aromatic carbocycles. The highest BCUT2D eigenvalue weighted by molar-refractivity contribution is 5.90. The predicted octanol–water partition coefficient (Wildman–Crippen LogP) is -0.0723. The van der Waals surface area contributed by atoms with E-state index in [0.29, 0.717) is 31.4 Å². The molecule has 11 nitrogen and oxygen atoms in total. The van der Waals surface area contributed by atoms with Gasteiger partial charge in [-0.3, -0.25) is 14.4 Å². The minimum Gasteiger partial charge on any atom is -0.483 e. The van der Waals surface area contributed by atoms with Crippen molar-refractivity contribution in [1.29, 1.82) is 0 Å². The highest BCUT2D eigenvalue weighted by atomic mass is 16.5. The number of nitrogens with zero attached hydrogens (tertiary/aromatic N) is 6. The molecule has 4 heterocycles. The largest absolute Gasteiger partial charge is 0.483 e. The first kappa shape index (κ1) is 23.0. The summed E-state index contributed by atoms with van der Waals surface area (Å²) in [7, 11) is 7.33. The Hall–Kier alpha value is -2.69. The van der Waals surface area contributed by atoms with Crippen LogP contribution in [0.1, 0.15) is 36.3 Å². The van der Waals surface area contributed by atoms with Crippen LogP contribution < -0.4 is 4.74 Å². The number of likely N-dealkylation sites (N-methyl/N-ethyl adjacent to an activating group) is 1. The summed E-state index contributed by atoms with van der Waals surface area (Å²) in [4.78, 5) is 44.7. The van der Waals surface area contributed by atoms with E-state index in [0.717, 1.165) is 25.8 Å². The Morgan fingerprint density at radius 2 is 2.00 bits per heavy atom. The molecule has 3 aliphatic heterocycles. The number of carboxylic acid groups (broad SMARTS) is 1. The fourth-order valence-corrected chi connectivity index (χ4v) is 5.33. The summed E-state index contributed by atoms with van der Waals surface area (Å²) >= 11 is 0. The third-order valence-corrected chi connectivity index (χ3v) is 6.43. The molecule has 1 aromatic heterocycles. The monoisotopic (exact) mass is 436 g/mol. The molecular weight excluding hydrogens is 404 g/mol. The number of methoxy groups -OCH3 is 1. The van der Waals surface area contributed by atoms with Gasteiger partial charge in [0.1, 0.15) is 0 Å². The van der Waals surface area contributed by atoms with E-state index in [1.807, 2.05) is 19.0 Å². The number of rotatable bonds is 4. The van der Waals surface area contributed by atoms with Crippen LogP contribution in [0.25, 0.3) is 0 Å². The van der Waals surface area contributed by atoms with Crippen molar-refractivity contribution in [3.8, 4) is 6.01 Å². The summed E-state index contributed by atoms with van der Waals surface area (Å²) in [5.41, 5.74) is 0. The molecule has 4 rings (SSSR count). The van der Waals surface area contributed by atoms with Gasteiger partial charge in [-0.1, -0.05) is 0 Å². The molecule has 172 valence electrons. The second-order valence-electron chi connectivity index (χ2n) is 8.71. The fourth-order valence-electron chi connectivity index (χ4n) is 5.33. The predicted molar refractivity (Wildman–Crippen MR) is 111 cm³/mol. The van der Waals surface area contributed by atoms with Gasteiger partial charge in [-0.05, 0) is 45.2 Å². The minimum atomic E-state index is -0.250. The van der Waals surface area contributed by atoms with E-state index in [2.05, 4.69) is 19.9 Å². The van der Waals surface area contributed by atoms with Crippen molar-refractivity contribution in [2.24, 2.45) is 18.9 Å². The number of carbonyl (C=O) groups excluding carboxylic acids is 2. The first-order valence-corrected chi connectivity index (χ1v) is 10.6. The zero-order chi connectivity index (χ0) is 22.7. The summed E-state index contributed by atoms with van der Waals surface area (Å²) in [5.74, 6) is 0.937. The molecule has 4 atom stereocenters. The molecule has 31 heavy (non-hydrogen) atoms. The molecule has 1 aromatic rings. The number of hydrogen-bond acceptors (Lipinski definition) is 7. The van der Waals surface area contributed by atoms with Crippen LogP contribution in [0.2, 0.25) is 0 Å². The third kappa shape index (κ3) is 4.65. The molecule has 3 aliphatic rings. The van der Waals surface area contributed by atoms with Crippen molar-refractivity contribution >= 4 is 18.3 Å². The van der Waals surface area contributed by atoms with Gasteiger partial charge in [0.05, 0.1) is 7.11 Å². The van der Waals surface area contributed by atoms with Crippen LogP contribution in [0.5, 0.6) is 6.01 Å². The van der Waals surface area contributed by atoms with Crippen molar-refractivity contribution in [2.75, 3.05) is 40.8 Å². The Labute approximate surface area is 181 Å². The first-order chi connectivity index (χ1) is 14.8. The summed E-state index contributed by atoms with van der Waals surface area (Å²) < 4.78 is 6.63. The first-order valence-electron chi connectivity index (χ1n) is 10.6. The van der Waals surface area contributed by atoms with Crippen molar-refractivity contribution in [3.63, 3.8) is 0 Å². The molecule has 1 N–H and O–H groups in total. The molecule has 0 unspecified atom stereocenters. The summed E-state index contributed by atoms with van der Waals surface area (Å²) in [6.07, 6.45) is 3.71. The number of hydrogen-bond donors (Lipinski definition) is 1. The Morgan fingerprint density at radius 1 is 1.32 bits per heavy atom. The average molecular weight is 437 g/mol. The lowest BCUT2D eigenvalue weighted by Crippen LogP contribution is -2.67. The van der Waals surface area contributed by atoms with E-state index < -0.39 is 0 Å². The number of fused-ring (bicyclic) bond motifs is 4. The maximum atomic E-state index is 13.1. The van der Waals surface area contributed by atoms with Gasteiger partial charge in [0.2, 0.25) is 11.7 Å². The van der Waals surface area contributed by atoms with Crippen LogP contribution in [0, 0.1) is 11.8 Å². The fraction of sp³-hybridized carbons (Fsp3) is 0.750. The van der Waals surface area contributed by atoms with Crippen molar-refractivity contribution < 1.29 is 24.2 Å². The van der Waals surface area contributed by atoms with Crippen LogP contribution in [-0.4, -0.2) is 106 Å². The lowest BCUT2D eigenvalue weighted by atomic mass is 9.72. The van der Waals surface area contributed by atoms with E-state index >= 15 is 0 Å². The van der Waals surface area contributed by atoms with Crippen LogP contribution >= 0.6 is 0 Å². The van der Waals surface area contributed by atoms with Crippen LogP contribution in [0.3, 0.4) is 0 Å². The van der Waals surface area contributed by atoms with Gasteiger partial charge in [0.15, 0.2) is 0 Å². The quantitative estimate of drug-likeness (QED) is 0.651. The number of likely N-dealkylation sites (tertiary alicyclic amines) is 1. The van der Waals surface area contributed by atoms with Crippen LogP contribution in [0.4, 0.5) is 0 Å². The van der Waals surface area contributed by atoms with Gasteiger partial charge < -0.3 is 24.5 Å². The topological polar surface area (TPSA) is 121 Å². The van der Waals surface area contributed by atoms with Crippen LogP contribution in [-0.2, 0) is 16.6 Å². The lowest BCUT2D eigenvalue weighted by Gasteiger charge is -2.57. The van der Waals surface area contributed by atoms with Crippen LogP contribution in [0.15, 0.2) is 0 Å². The van der Waals surface area contributed by atoms with Gasteiger partial charge in [0.25, 0.3) is 12.4 Å². The third-order valence-electron chi connectivity index (χ3n) is 6.43. The van der Waals surface area contributed by atoms with Gasteiger partial charge in [-0.15, -0.1) is 5.10 Å². The number of aryl methyl sites for hydroxylation is 1. The van der Waals surface area contributed by atoms with E-state index in [1.54, 1.807) is 7.05 Å². The molecular formula is C20H32N6O5. The zero-order valence-corrected chi connectivity index (χ0v) is 18.6. The highest BCUT2D eigenvalue weighted by Crippen LogP contribution is 2.42. The van der Waals surface area contributed by atoms with E-state index in [9.17, 15) is 9.59 Å². The maximum absolute atomic E-state index is 13.1. The lowest BCUT2D eigenvalue weighted by molar-refractivity contribution is -0.152.